The van der Waals surface area contributed by atoms with E-state index in [4.69, 9.17) is 18.9 Å². The van der Waals surface area contributed by atoms with Crippen molar-refractivity contribution in [2.75, 3.05) is 20.8 Å². The highest BCUT2D eigenvalue weighted by atomic mass is 16.6. The molecule has 0 aromatic rings. The number of piperidine rings is 1. The van der Waals surface area contributed by atoms with Crippen molar-refractivity contribution in [3.8, 4) is 0 Å². The highest BCUT2D eigenvalue weighted by Gasteiger charge is 2.53. The lowest BCUT2D eigenvalue weighted by Crippen LogP contribution is -2.60. The van der Waals surface area contributed by atoms with Crippen LogP contribution in [-0.2, 0) is 47.7 Å². The molecule has 3 fully saturated rings. The molecule has 1 saturated carbocycles. The van der Waals surface area contributed by atoms with Gasteiger partial charge in [-0.2, -0.15) is 0 Å². The van der Waals surface area contributed by atoms with Gasteiger partial charge in [0.15, 0.2) is 17.3 Å². The molecule has 1 aliphatic carbocycles. The van der Waals surface area contributed by atoms with Gasteiger partial charge in [0.2, 0.25) is 5.79 Å². The van der Waals surface area contributed by atoms with Crippen LogP contribution in [0.3, 0.4) is 0 Å². The summed E-state index contributed by atoms with van der Waals surface area (Å²) in [5, 5.41) is 33.7. The third-order valence-electron chi connectivity index (χ3n) is 14.1. The van der Waals surface area contributed by atoms with Crippen molar-refractivity contribution in [1.82, 2.24) is 4.90 Å². The predicted octanol–water partition coefficient (Wildman–Crippen LogP) is 5.73. The van der Waals surface area contributed by atoms with Gasteiger partial charge in [-0.1, -0.05) is 71.1 Å². The third kappa shape index (κ3) is 13.7. The minimum atomic E-state index is -2.52. The van der Waals surface area contributed by atoms with Crippen molar-refractivity contribution in [3.05, 3.63) is 47.6 Å². The van der Waals surface area contributed by atoms with Crippen molar-refractivity contribution in [2.45, 2.75) is 174 Å². The number of hydrogen-bond donors (Lipinski definition) is 3. The quantitative estimate of drug-likeness (QED) is 0.223. The lowest BCUT2D eigenvalue weighted by atomic mass is 9.78. The molecule has 2 bridgehead atoms. The van der Waals surface area contributed by atoms with Gasteiger partial charge in [-0.25, -0.2) is 4.79 Å². The first-order chi connectivity index (χ1) is 30.2. The molecule has 4 aliphatic rings. The zero-order valence-corrected chi connectivity index (χ0v) is 39.5. The normalized spacial score (nSPS) is 37.1. The Morgan fingerprint density at radius 3 is 2.23 bits per heavy atom. The molecule has 3 N–H and O–H groups in total. The van der Waals surface area contributed by atoms with Crippen molar-refractivity contribution in [2.24, 2.45) is 35.5 Å². The molecule has 4 unspecified atom stereocenters. The zero-order valence-electron chi connectivity index (χ0n) is 39.5. The molecule has 3 aliphatic heterocycles. The monoisotopic (exact) mass is 898 g/mol. The number of Topliss-reactive ketones (excluding diaryl/α,β-unsaturated/α-hetero) is 4. The number of carbonyl (C=O) groups excluding carboxylic acids is 6. The Morgan fingerprint density at radius 2 is 1.55 bits per heavy atom. The number of methoxy groups -OCH3 is 2. The van der Waals surface area contributed by atoms with Gasteiger partial charge >= 0.3 is 5.97 Å². The SMILES string of the molecule is CO[C@@H]1CC(C[C@@H](C)[C@@H]2CC(=O)C(C)=CC(C)C(O)[C@@H](OC)C(=O)[C@H](C)C[C@H](C)C=CC=CC=C(C)C(=O)C[C@@H]3CC[C@@H](C)[C@@](O)(O3)C(=O)C(=O)N3CCCC[C@H]3C(=O)O2)CCC1O. The molecular formula is C50H75NO13. The molecule has 2 saturated heterocycles. The summed E-state index contributed by atoms with van der Waals surface area (Å²) in [7, 11) is 2.92. The van der Waals surface area contributed by atoms with Gasteiger partial charge in [-0.15, -0.1) is 0 Å². The van der Waals surface area contributed by atoms with Crippen LogP contribution < -0.4 is 0 Å². The van der Waals surface area contributed by atoms with E-state index in [-0.39, 0.29) is 67.0 Å². The van der Waals surface area contributed by atoms with Gasteiger partial charge in [0.1, 0.15) is 18.2 Å². The summed E-state index contributed by atoms with van der Waals surface area (Å²) in [6, 6.07) is -1.18. The highest BCUT2D eigenvalue weighted by molar-refractivity contribution is 6.39. The number of ketones is 4. The van der Waals surface area contributed by atoms with E-state index < -0.39 is 77.8 Å². The summed E-state index contributed by atoms with van der Waals surface area (Å²) in [5.41, 5.74) is 0.726. The molecule has 3 heterocycles. The smallest absolute Gasteiger partial charge is 0.329 e. The maximum Gasteiger partial charge on any atom is 0.329 e. The Labute approximate surface area is 379 Å². The van der Waals surface area contributed by atoms with E-state index in [1.807, 2.05) is 26.0 Å². The van der Waals surface area contributed by atoms with Gasteiger partial charge in [-0.05, 0) is 107 Å². The number of allylic oxidation sites excluding steroid dienone is 7. The summed E-state index contributed by atoms with van der Waals surface area (Å²) in [6.07, 6.45) is 9.78. The van der Waals surface area contributed by atoms with Crippen LogP contribution in [0.5, 0.6) is 0 Å². The fourth-order valence-corrected chi connectivity index (χ4v) is 9.75. The maximum absolute atomic E-state index is 14.3. The lowest BCUT2D eigenvalue weighted by molar-refractivity contribution is -0.262. The molecular weight excluding hydrogens is 823 g/mol. The summed E-state index contributed by atoms with van der Waals surface area (Å²) < 4.78 is 23.3. The average molecular weight is 898 g/mol. The van der Waals surface area contributed by atoms with Gasteiger partial charge in [0, 0.05) is 51.4 Å². The number of aliphatic hydroxyl groups excluding tert-OH is 2. The van der Waals surface area contributed by atoms with E-state index in [9.17, 15) is 44.1 Å². The van der Waals surface area contributed by atoms with Crippen LogP contribution in [0.25, 0.3) is 0 Å². The highest BCUT2D eigenvalue weighted by Crippen LogP contribution is 2.37. The topological polar surface area (TPSA) is 203 Å². The molecule has 14 heteroatoms. The van der Waals surface area contributed by atoms with Crippen LogP contribution in [-0.4, -0.2) is 124 Å². The largest absolute Gasteiger partial charge is 0.460 e. The number of amides is 1. The van der Waals surface area contributed by atoms with E-state index in [0.29, 0.717) is 68.9 Å². The molecule has 0 radical (unpaired) electrons. The molecule has 1 amide bonds. The molecule has 64 heavy (non-hydrogen) atoms. The van der Waals surface area contributed by atoms with Gasteiger partial charge < -0.3 is 39.2 Å². The van der Waals surface area contributed by atoms with Crippen molar-refractivity contribution in [1.29, 1.82) is 0 Å². The number of aliphatic hydroxyl groups is 3. The number of ether oxygens (including phenoxy) is 4. The summed E-state index contributed by atoms with van der Waals surface area (Å²) >= 11 is 0. The Hall–Kier alpha value is -3.66. The maximum atomic E-state index is 14.3. The van der Waals surface area contributed by atoms with Crippen LogP contribution in [0.2, 0.25) is 0 Å². The van der Waals surface area contributed by atoms with Gasteiger partial charge in [0.25, 0.3) is 11.7 Å². The number of rotatable bonds is 5. The Balaban J connectivity index is 1.69. The number of hydrogen-bond acceptors (Lipinski definition) is 13. The van der Waals surface area contributed by atoms with Gasteiger partial charge in [-0.3, -0.25) is 24.0 Å². The zero-order chi connectivity index (χ0) is 47.5. The van der Waals surface area contributed by atoms with E-state index in [0.717, 1.165) is 4.90 Å². The van der Waals surface area contributed by atoms with Gasteiger partial charge in [0.05, 0.1) is 24.4 Å². The number of carbonyl (C=O) groups is 6. The van der Waals surface area contributed by atoms with Crippen LogP contribution in [0.1, 0.15) is 126 Å². The minimum absolute atomic E-state index is 0.0198. The second-order valence-electron chi connectivity index (χ2n) is 19.2. The molecule has 4 rings (SSSR count). The summed E-state index contributed by atoms with van der Waals surface area (Å²) in [6.45, 7) is 12.3. The second kappa shape index (κ2) is 24.2. The Kier molecular flexibility index (Phi) is 20.0. The molecule has 0 aromatic carbocycles. The first kappa shape index (κ1) is 53.0. The van der Waals surface area contributed by atoms with Crippen molar-refractivity contribution >= 4 is 35.0 Å². The number of fused-ring (bicyclic) bond motifs is 3. The van der Waals surface area contributed by atoms with Crippen LogP contribution >= 0.6 is 0 Å². The van der Waals surface area contributed by atoms with E-state index in [2.05, 4.69) is 0 Å². The number of cyclic esters (lactones) is 1. The molecule has 14 atom stereocenters. The first-order valence-corrected chi connectivity index (χ1v) is 23.4. The van der Waals surface area contributed by atoms with Crippen molar-refractivity contribution < 1.29 is 63.0 Å². The summed E-state index contributed by atoms with van der Waals surface area (Å²) in [5.74, 6) is -8.67. The fourth-order valence-electron chi connectivity index (χ4n) is 9.75. The minimum Gasteiger partial charge on any atom is -0.460 e. The van der Waals surface area contributed by atoms with Crippen molar-refractivity contribution in [3.63, 3.8) is 0 Å². The Bertz CT molecular complexity index is 1780. The third-order valence-corrected chi connectivity index (χ3v) is 14.1. The Morgan fingerprint density at radius 1 is 0.844 bits per heavy atom. The van der Waals surface area contributed by atoms with E-state index in [1.165, 1.54) is 7.11 Å². The summed E-state index contributed by atoms with van der Waals surface area (Å²) in [4.78, 5) is 84.6. The predicted molar refractivity (Wildman–Crippen MR) is 239 cm³/mol. The van der Waals surface area contributed by atoms with E-state index >= 15 is 0 Å². The average Bonchev–Trinajstić information content (AvgIpc) is 3.26. The lowest BCUT2D eigenvalue weighted by Gasteiger charge is -2.42. The fraction of sp³-hybridized carbons (Fsp3) is 0.720. The van der Waals surface area contributed by atoms with Crippen LogP contribution in [0.15, 0.2) is 47.6 Å². The van der Waals surface area contributed by atoms with Crippen LogP contribution in [0, 0.1) is 35.5 Å². The molecule has 14 nitrogen and oxygen atoms in total. The standard InChI is InChI=1S/C50H75NO13/c1-29-15-11-10-12-16-30(2)40(53)27-37-20-18-35(7)50(60,64-37)47(57)48(58)51-22-14-13-17-38(51)49(59)63-42(32(4)25-36-19-21-39(52)43(26-36)61-8)28-41(54)31(3)24-34(6)45(56)46(62-9)44(55)33(5)23-29/h10-12,15-16,24,29,32-39,42-43,45-46,52,56,60H,13-14,17-23,25-28H2,1-9H3/t29-,32-,33-,34?,35-,36?,37+,38+,39?,42+,43-,45?,46+,50-/m1/s1. The molecule has 358 valence electrons. The van der Waals surface area contributed by atoms with Crippen LogP contribution in [0.4, 0.5) is 0 Å². The number of esters is 1. The second-order valence-corrected chi connectivity index (χ2v) is 19.2. The molecule has 0 aromatic heterocycles. The first-order valence-electron chi connectivity index (χ1n) is 23.4. The number of nitrogens with zero attached hydrogens (tertiary/aromatic N) is 1. The van der Waals surface area contributed by atoms with E-state index in [1.54, 1.807) is 66.0 Å². The molecule has 0 spiro atoms.